The van der Waals surface area contributed by atoms with Gasteiger partial charge in [-0.2, -0.15) is 0 Å². The Bertz CT molecular complexity index is 641. The van der Waals surface area contributed by atoms with Crippen LogP contribution >= 0.6 is 15.9 Å². The smallest absolute Gasteiger partial charge is 0.298 e. The third-order valence-electron chi connectivity index (χ3n) is 3.72. The van der Waals surface area contributed by atoms with E-state index in [1.807, 2.05) is 0 Å². The largest absolute Gasteiger partial charge is 0.384 e. The first-order valence-electron chi connectivity index (χ1n) is 7.29. The van der Waals surface area contributed by atoms with Crippen LogP contribution in [0.5, 0.6) is 0 Å². The molecule has 0 aliphatic rings. The van der Waals surface area contributed by atoms with Crippen LogP contribution in [0.25, 0.3) is 0 Å². The Labute approximate surface area is 151 Å². The van der Waals surface area contributed by atoms with Crippen molar-refractivity contribution in [3.63, 3.8) is 0 Å². The number of halogens is 4. The van der Waals surface area contributed by atoms with E-state index < -0.39 is 38.6 Å². The predicted octanol–water partition coefficient (Wildman–Crippen LogP) is 4.26. The molecule has 0 aliphatic heterocycles. The molecule has 0 amide bonds. The molecule has 0 saturated carbocycles. The molecule has 0 spiro atoms. The fraction of sp³-hybridized carbons (Fsp3) is 0.625. The van der Waals surface area contributed by atoms with E-state index in [1.165, 1.54) is 12.1 Å². The maximum atomic E-state index is 15.1. The number of nitrogens with one attached hydrogen (secondary N) is 1. The van der Waals surface area contributed by atoms with E-state index in [0.717, 1.165) is 26.8 Å². The molecule has 24 heavy (non-hydrogen) atoms. The topological polar surface area (TPSA) is 49.3 Å². The average Bonchev–Trinajstić information content (AvgIpc) is 2.38. The lowest BCUT2D eigenvalue weighted by molar-refractivity contribution is -0.206. The molecular weight excluding hydrogens is 407 g/mol. The highest BCUT2D eigenvalue weighted by molar-refractivity contribution is 9.10. The van der Waals surface area contributed by atoms with Crippen LogP contribution in [0.3, 0.4) is 0 Å². The molecule has 1 aromatic rings. The molecule has 2 N–H and O–H groups in total. The highest BCUT2D eigenvalue weighted by atomic mass is 79.9. The van der Waals surface area contributed by atoms with Gasteiger partial charge in [-0.15, -0.1) is 0 Å². The van der Waals surface area contributed by atoms with Crippen molar-refractivity contribution in [1.29, 1.82) is 0 Å². The van der Waals surface area contributed by atoms with Crippen molar-refractivity contribution in [3.05, 3.63) is 34.1 Å². The molecule has 0 bridgehead atoms. The van der Waals surface area contributed by atoms with Gasteiger partial charge < -0.3 is 5.11 Å². The van der Waals surface area contributed by atoms with Crippen molar-refractivity contribution in [1.82, 2.24) is 4.72 Å². The number of aliphatic hydroxyl groups is 1. The van der Waals surface area contributed by atoms with Crippen LogP contribution in [0, 0.1) is 5.82 Å². The molecule has 1 aromatic carbocycles. The summed E-state index contributed by atoms with van der Waals surface area (Å²) in [5, 5.41) is 10.00. The van der Waals surface area contributed by atoms with Gasteiger partial charge in [-0.25, -0.2) is 22.1 Å². The molecule has 0 fully saturated rings. The summed E-state index contributed by atoms with van der Waals surface area (Å²) in [6.45, 7) is 7.73. The van der Waals surface area contributed by atoms with E-state index >= 15 is 8.78 Å². The summed E-state index contributed by atoms with van der Waals surface area (Å²) >= 11 is 3.13. The third kappa shape index (κ3) is 4.03. The minimum Gasteiger partial charge on any atom is -0.384 e. The Morgan fingerprint density at radius 2 is 1.62 bits per heavy atom. The fourth-order valence-corrected chi connectivity index (χ4v) is 3.40. The third-order valence-corrected chi connectivity index (χ3v) is 5.92. The number of hydrogen-bond donors (Lipinski definition) is 2. The highest BCUT2D eigenvalue weighted by Crippen LogP contribution is 2.46. The lowest BCUT2D eigenvalue weighted by Gasteiger charge is -2.45. The fourth-order valence-electron chi connectivity index (χ4n) is 2.12. The lowest BCUT2D eigenvalue weighted by atomic mass is 9.78. The molecule has 138 valence electrons. The molecule has 0 radical (unpaired) electrons. The molecule has 3 nitrogen and oxygen atoms in total. The highest BCUT2D eigenvalue weighted by Gasteiger charge is 2.62. The molecular formula is C16H23BrF3NO2S. The van der Waals surface area contributed by atoms with Crippen molar-refractivity contribution in [2.24, 2.45) is 0 Å². The number of alkyl halides is 2. The van der Waals surface area contributed by atoms with Crippen LogP contribution in [-0.4, -0.2) is 25.6 Å². The normalized spacial score (nSPS) is 17.5. The van der Waals surface area contributed by atoms with Gasteiger partial charge >= 0.3 is 0 Å². The zero-order valence-electron chi connectivity index (χ0n) is 14.5. The van der Waals surface area contributed by atoms with Gasteiger partial charge in [0.2, 0.25) is 0 Å². The van der Waals surface area contributed by atoms with Crippen molar-refractivity contribution in [3.8, 4) is 0 Å². The quantitative estimate of drug-likeness (QED) is 0.734. The summed E-state index contributed by atoms with van der Waals surface area (Å²) in [5.41, 5.74) is -5.27. The second-order valence-corrected chi connectivity index (χ2v) is 10.2. The number of rotatable bonds is 5. The van der Waals surface area contributed by atoms with Gasteiger partial charge in [0.05, 0.1) is 15.7 Å². The van der Waals surface area contributed by atoms with Gasteiger partial charge in [-0.05, 0) is 59.7 Å². The summed E-state index contributed by atoms with van der Waals surface area (Å²) in [7, 11) is -1.93. The Morgan fingerprint density at radius 1 is 1.12 bits per heavy atom. The van der Waals surface area contributed by atoms with Gasteiger partial charge in [0.15, 0.2) is 0 Å². The van der Waals surface area contributed by atoms with E-state index in [0.29, 0.717) is 4.47 Å². The Balaban J connectivity index is 3.64. The van der Waals surface area contributed by atoms with Crippen LogP contribution in [0.2, 0.25) is 0 Å². The molecule has 0 aliphatic carbocycles. The van der Waals surface area contributed by atoms with E-state index in [1.54, 1.807) is 20.8 Å². The van der Waals surface area contributed by atoms with Crippen LogP contribution in [0.4, 0.5) is 13.2 Å². The molecule has 0 saturated heterocycles. The monoisotopic (exact) mass is 429 g/mol. The van der Waals surface area contributed by atoms with E-state index in [2.05, 4.69) is 20.7 Å². The van der Waals surface area contributed by atoms with Gasteiger partial charge in [0, 0.05) is 10.0 Å². The second kappa shape index (κ2) is 6.70. The zero-order chi connectivity index (χ0) is 19.1. The maximum Gasteiger partial charge on any atom is 0.298 e. The average molecular weight is 430 g/mol. The number of hydrogen-bond acceptors (Lipinski definition) is 2. The minimum atomic E-state index is -3.83. The van der Waals surface area contributed by atoms with E-state index in [4.69, 9.17) is 0 Å². The summed E-state index contributed by atoms with van der Waals surface area (Å²) < 4.78 is 58.9. The summed E-state index contributed by atoms with van der Waals surface area (Å²) in [6, 6.07) is 3.61. The first-order chi connectivity index (χ1) is 10.5. The van der Waals surface area contributed by atoms with Gasteiger partial charge in [0.25, 0.3) is 5.92 Å². The Kier molecular flexibility index (Phi) is 6.03. The van der Waals surface area contributed by atoms with Crippen LogP contribution in [0.1, 0.15) is 47.1 Å². The van der Waals surface area contributed by atoms with Crippen molar-refractivity contribution in [2.45, 2.75) is 63.4 Å². The molecule has 0 heterocycles. The summed E-state index contributed by atoms with van der Waals surface area (Å²) in [5.74, 6) is -4.72. The summed E-state index contributed by atoms with van der Waals surface area (Å²) in [4.78, 5) is 0. The van der Waals surface area contributed by atoms with E-state index in [9.17, 15) is 13.7 Å². The minimum absolute atomic E-state index is 0.387. The standard InChI is InChI=1S/C16H23BrF3NO2S/c1-13(2,3)24(23)21-15(6,16(19,20)14(4,5)22)11-9-10(17)7-8-12(11)18/h7-9,21-22H,1-6H3/t15-,24?/m1/s1. The molecule has 1 rings (SSSR count). The van der Waals surface area contributed by atoms with Gasteiger partial charge in [0.1, 0.15) is 17.0 Å². The Hall–Kier alpha value is -0.440. The SMILES string of the molecule is CC(C)(C)S(=O)N[C@](C)(c1cc(Br)ccc1F)C(F)(F)C(C)(C)O. The van der Waals surface area contributed by atoms with Crippen LogP contribution < -0.4 is 4.72 Å². The van der Waals surface area contributed by atoms with Gasteiger partial charge in [-0.1, -0.05) is 15.9 Å². The van der Waals surface area contributed by atoms with Crippen molar-refractivity contribution >= 4 is 26.9 Å². The van der Waals surface area contributed by atoms with E-state index in [-0.39, 0.29) is 5.56 Å². The van der Waals surface area contributed by atoms with Crippen LogP contribution in [0.15, 0.2) is 22.7 Å². The molecule has 8 heteroatoms. The predicted molar refractivity (Wildman–Crippen MR) is 93.7 cm³/mol. The first-order valence-corrected chi connectivity index (χ1v) is 9.24. The number of benzene rings is 1. The zero-order valence-corrected chi connectivity index (χ0v) is 16.9. The maximum absolute atomic E-state index is 15.1. The van der Waals surface area contributed by atoms with Gasteiger partial charge in [-0.3, -0.25) is 0 Å². The van der Waals surface area contributed by atoms with Crippen molar-refractivity contribution in [2.75, 3.05) is 0 Å². The second-order valence-electron chi connectivity index (χ2n) is 7.37. The Morgan fingerprint density at radius 3 is 2.04 bits per heavy atom. The first kappa shape index (κ1) is 21.6. The molecule has 0 aromatic heterocycles. The molecule has 2 atom stereocenters. The summed E-state index contributed by atoms with van der Waals surface area (Å²) in [6.07, 6.45) is 0. The van der Waals surface area contributed by atoms with Crippen molar-refractivity contribution < 1.29 is 22.5 Å². The lowest BCUT2D eigenvalue weighted by Crippen LogP contribution is -2.64. The van der Waals surface area contributed by atoms with Crippen LogP contribution in [-0.2, 0) is 16.5 Å². The molecule has 1 unspecified atom stereocenters.